The van der Waals surface area contributed by atoms with E-state index < -0.39 is 0 Å². The molecule has 2 aromatic rings. The summed E-state index contributed by atoms with van der Waals surface area (Å²) in [7, 11) is 0. The Morgan fingerprint density at radius 3 is 2.15 bits per heavy atom. The average molecular weight is 349 g/mol. The van der Waals surface area contributed by atoms with Gasteiger partial charge < -0.3 is 4.90 Å². The number of hydrogen-bond donors (Lipinski definition) is 1. The van der Waals surface area contributed by atoms with Crippen LogP contribution < -0.4 is 15.3 Å². The van der Waals surface area contributed by atoms with Crippen LogP contribution in [0.25, 0.3) is 6.08 Å². The van der Waals surface area contributed by atoms with E-state index in [0.29, 0.717) is 5.69 Å². The summed E-state index contributed by atoms with van der Waals surface area (Å²) in [5, 5.41) is 1.29. The molecule has 5 nitrogen and oxygen atoms in total. The highest BCUT2D eigenvalue weighted by Crippen LogP contribution is 2.23. The number of benzene rings is 2. The Morgan fingerprint density at radius 2 is 1.58 bits per heavy atom. The first-order chi connectivity index (χ1) is 12.5. The molecule has 1 heterocycles. The summed E-state index contributed by atoms with van der Waals surface area (Å²) in [6.07, 6.45) is 1.64. The fourth-order valence-corrected chi connectivity index (χ4v) is 2.97. The van der Waals surface area contributed by atoms with Crippen molar-refractivity contribution in [1.29, 1.82) is 0 Å². The van der Waals surface area contributed by atoms with Crippen LogP contribution in [0.4, 0.5) is 11.4 Å². The predicted molar refractivity (Wildman–Crippen MR) is 105 cm³/mol. The molecule has 0 aliphatic carbocycles. The second-order valence-corrected chi connectivity index (χ2v) is 6.24. The lowest BCUT2D eigenvalue weighted by molar-refractivity contribution is -0.117. The Hall–Kier alpha value is -3.08. The molecule has 0 unspecified atom stereocenters. The van der Waals surface area contributed by atoms with Gasteiger partial charge in [-0.05, 0) is 56.7 Å². The zero-order valence-corrected chi connectivity index (χ0v) is 15.3. The normalized spacial score (nSPS) is 15.5. The SMILES string of the molecule is CCN(CC)c1ccc(C=C2C(=O)NN(c3ccc(C)cc3)C2=O)cc1. The fraction of sp³-hybridized carbons (Fsp3) is 0.238. The van der Waals surface area contributed by atoms with Crippen molar-refractivity contribution in [3.63, 3.8) is 0 Å². The molecule has 2 aromatic carbocycles. The van der Waals surface area contributed by atoms with Crippen LogP contribution in [0.3, 0.4) is 0 Å². The molecule has 5 heteroatoms. The molecule has 1 N–H and O–H groups in total. The van der Waals surface area contributed by atoms with Crippen LogP contribution in [0.15, 0.2) is 54.1 Å². The van der Waals surface area contributed by atoms with Crippen LogP contribution in [-0.4, -0.2) is 24.9 Å². The zero-order chi connectivity index (χ0) is 18.7. The smallest absolute Gasteiger partial charge is 0.282 e. The van der Waals surface area contributed by atoms with Gasteiger partial charge in [0.2, 0.25) is 0 Å². The van der Waals surface area contributed by atoms with E-state index in [2.05, 4.69) is 24.2 Å². The average Bonchev–Trinajstić information content (AvgIpc) is 2.93. The van der Waals surface area contributed by atoms with E-state index in [-0.39, 0.29) is 17.4 Å². The van der Waals surface area contributed by atoms with E-state index in [1.165, 1.54) is 5.01 Å². The van der Waals surface area contributed by atoms with Crippen LogP contribution in [0.1, 0.15) is 25.0 Å². The van der Waals surface area contributed by atoms with E-state index in [0.717, 1.165) is 29.9 Å². The van der Waals surface area contributed by atoms with E-state index in [4.69, 9.17) is 0 Å². The van der Waals surface area contributed by atoms with Crippen LogP contribution >= 0.6 is 0 Å². The van der Waals surface area contributed by atoms with Crippen molar-refractivity contribution in [1.82, 2.24) is 5.43 Å². The number of aryl methyl sites for hydroxylation is 1. The first-order valence-electron chi connectivity index (χ1n) is 8.82. The van der Waals surface area contributed by atoms with Gasteiger partial charge in [0.25, 0.3) is 11.8 Å². The largest absolute Gasteiger partial charge is 0.372 e. The van der Waals surface area contributed by atoms with E-state index in [9.17, 15) is 9.59 Å². The summed E-state index contributed by atoms with van der Waals surface area (Å²) in [6.45, 7) is 8.06. The summed E-state index contributed by atoms with van der Waals surface area (Å²) in [5.41, 5.74) is 6.46. The maximum atomic E-state index is 12.6. The molecule has 0 aromatic heterocycles. The van der Waals surface area contributed by atoms with Crippen LogP contribution in [0, 0.1) is 6.92 Å². The Kier molecular flexibility index (Phi) is 5.07. The number of amides is 2. The number of nitrogens with zero attached hydrogens (tertiary/aromatic N) is 2. The molecule has 3 rings (SSSR count). The molecule has 0 radical (unpaired) electrons. The van der Waals surface area contributed by atoms with Crippen molar-refractivity contribution in [2.45, 2.75) is 20.8 Å². The molecule has 0 saturated carbocycles. The molecule has 0 spiro atoms. The molecule has 134 valence electrons. The molecular formula is C21H23N3O2. The second kappa shape index (κ2) is 7.44. The third kappa shape index (κ3) is 3.47. The standard InChI is InChI=1S/C21H23N3O2/c1-4-23(5-2)17-12-8-16(9-13-17)14-19-20(25)22-24(21(19)26)18-10-6-15(3)7-11-18/h6-14H,4-5H2,1-3H3,(H,22,25). The topological polar surface area (TPSA) is 52.7 Å². The number of hydrogen-bond acceptors (Lipinski definition) is 3. The molecular weight excluding hydrogens is 326 g/mol. The number of rotatable bonds is 5. The summed E-state index contributed by atoms with van der Waals surface area (Å²) >= 11 is 0. The number of hydrazine groups is 1. The summed E-state index contributed by atoms with van der Waals surface area (Å²) < 4.78 is 0. The van der Waals surface area contributed by atoms with Gasteiger partial charge in [-0.15, -0.1) is 0 Å². The third-order valence-corrected chi connectivity index (χ3v) is 4.52. The van der Waals surface area contributed by atoms with Crippen molar-refractivity contribution in [2.24, 2.45) is 0 Å². The van der Waals surface area contributed by atoms with Crippen LogP contribution in [-0.2, 0) is 9.59 Å². The quantitative estimate of drug-likeness (QED) is 0.666. The van der Waals surface area contributed by atoms with Gasteiger partial charge in [0.15, 0.2) is 0 Å². The highest BCUT2D eigenvalue weighted by atomic mass is 16.2. The molecule has 2 amide bonds. The molecule has 26 heavy (non-hydrogen) atoms. The van der Waals surface area contributed by atoms with Gasteiger partial charge in [0.05, 0.1) is 5.69 Å². The maximum absolute atomic E-state index is 12.6. The van der Waals surface area contributed by atoms with Gasteiger partial charge in [-0.2, -0.15) is 0 Å². The minimum Gasteiger partial charge on any atom is -0.372 e. The van der Waals surface area contributed by atoms with E-state index in [1.807, 2.05) is 55.5 Å². The van der Waals surface area contributed by atoms with Gasteiger partial charge in [0.1, 0.15) is 5.57 Å². The lowest BCUT2D eigenvalue weighted by Gasteiger charge is -2.20. The predicted octanol–water partition coefficient (Wildman–Crippen LogP) is 3.30. The Morgan fingerprint density at radius 1 is 0.962 bits per heavy atom. The van der Waals surface area contributed by atoms with Gasteiger partial charge in [-0.3, -0.25) is 15.0 Å². The van der Waals surface area contributed by atoms with Crippen LogP contribution in [0.5, 0.6) is 0 Å². The second-order valence-electron chi connectivity index (χ2n) is 6.24. The maximum Gasteiger partial charge on any atom is 0.282 e. The van der Waals surface area contributed by atoms with Crippen molar-refractivity contribution < 1.29 is 9.59 Å². The molecule has 1 saturated heterocycles. The first kappa shape index (κ1) is 17.7. The highest BCUT2D eigenvalue weighted by molar-refractivity contribution is 6.31. The Balaban J connectivity index is 1.83. The minimum absolute atomic E-state index is 0.140. The number of carbonyl (C=O) groups is 2. The third-order valence-electron chi connectivity index (χ3n) is 4.52. The van der Waals surface area contributed by atoms with Crippen molar-refractivity contribution in [3.05, 3.63) is 65.2 Å². The van der Waals surface area contributed by atoms with Crippen molar-refractivity contribution >= 4 is 29.3 Å². The molecule has 1 aliphatic rings. The molecule has 0 atom stereocenters. The Labute approximate surface area is 153 Å². The van der Waals surface area contributed by atoms with Gasteiger partial charge in [0, 0.05) is 18.8 Å². The van der Waals surface area contributed by atoms with Crippen LogP contribution in [0.2, 0.25) is 0 Å². The van der Waals surface area contributed by atoms with E-state index in [1.54, 1.807) is 6.08 Å². The van der Waals surface area contributed by atoms with Gasteiger partial charge in [-0.25, -0.2) is 5.01 Å². The van der Waals surface area contributed by atoms with Crippen molar-refractivity contribution in [2.75, 3.05) is 23.0 Å². The zero-order valence-electron chi connectivity index (χ0n) is 15.3. The highest BCUT2D eigenvalue weighted by Gasteiger charge is 2.34. The number of carbonyl (C=O) groups excluding carboxylic acids is 2. The first-order valence-corrected chi connectivity index (χ1v) is 8.82. The lowest BCUT2D eigenvalue weighted by atomic mass is 10.1. The summed E-state index contributed by atoms with van der Waals surface area (Å²) in [4.78, 5) is 27.1. The summed E-state index contributed by atoms with van der Waals surface area (Å²) in [5.74, 6) is -0.727. The monoisotopic (exact) mass is 349 g/mol. The summed E-state index contributed by atoms with van der Waals surface area (Å²) in [6, 6.07) is 15.3. The van der Waals surface area contributed by atoms with Gasteiger partial charge >= 0.3 is 0 Å². The lowest BCUT2D eigenvalue weighted by Crippen LogP contribution is -2.35. The number of anilines is 2. The van der Waals surface area contributed by atoms with Crippen molar-refractivity contribution in [3.8, 4) is 0 Å². The number of nitrogens with one attached hydrogen (secondary N) is 1. The molecule has 1 aliphatic heterocycles. The van der Waals surface area contributed by atoms with E-state index >= 15 is 0 Å². The van der Waals surface area contributed by atoms with Gasteiger partial charge in [-0.1, -0.05) is 29.8 Å². The fourth-order valence-electron chi connectivity index (χ4n) is 2.97. The molecule has 0 bridgehead atoms. The Bertz CT molecular complexity index is 835. The molecule has 1 fully saturated rings. The minimum atomic E-state index is -0.386.